The van der Waals surface area contributed by atoms with Crippen LogP contribution in [0, 0.1) is 5.92 Å². The SMILES string of the molecule is C[C@@H](Cc1ccccc1)C(=O)c1ccc(OCc2ccccc2)cc1. The van der Waals surface area contributed by atoms with Crippen LogP contribution in [0.25, 0.3) is 0 Å². The summed E-state index contributed by atoms with van der Waals surface area (Å²) in [5.41, 5.74) is 3.04. The monoisotopic (exact) mass is 330 g/mol. The van der Waals surface area contributed by atoms with Crippen molar-refractivity contribution in [2.24, 2.45) is 5.92 Å². The smallest absolute Gasteiger partial charge is 0.165 e. The summed E-state index contributed by atoms with van der Waals surface area (Å²) < 4.78 is 5.77. The molecule has 0 saturated heterocycles. The highest BCUT2D eigenvalue weighted by molar-refractivity contribution is 5.97. The molecule has 0 aliphatic heterocycles. The van der Waals surface area contributed by atoms with Crippen molar-refractivity contribution in [1.82, 2.24) is 0 Å². The van der Waals surface area contributed by atoms with Gasteiger partial charge in [-0.15, -0.1) is 0 Å². The van der Waals surface area contributed by atoms with Gasteiger partial charge in [0.1, 0.15) is 12.4 Å². The minimum Gasteiger partial charge on any atom is -0.489 e. The van der Waals surface area contributed by atoms with E-state index in [0.717, 1.165) is 23.3 Å². The number of carbonyl (C=O) groups excluding carboxylic acids is 1. The lowest BCUT2D eigenvalue weighted by molar-refractivity contribution is 0.0929. The van der Waals surface area contributed by atoms with Crippen LogP contribution in [0.2, 0.25) is 0 Å². The first-order valence-corrected chi connectivity index (χ1v) is 8.57. The van der Waals surface area contributed by atoms with Crippen molar-refractivity contribution in [2.75, 3.05) is 0 Å². The number of hydrogen-bond donors (Lipinski definition) is 0. The molecule has 3 aromatic rings. The third-order valence-corrected chi connectivity index (χ3v) is 4.22. The molecule has 0 fully saturated rings. The summed E-state index contributed by atoms with van der Waals surface area (Å²) in [4.78, 5) is 12.6. The number of rotatable bonds is 7. The third-order valence-electron chi connectivity index (χ3n) is 4.22. The Morgan fingerprint density at radius 3 is 1.96 bits per heavy atom. The molecule has 126 valence electrons. The quantitative estimate of drug-likeness (QED) is 0.548. The minimum absolute atomic E-state index is 0.0431. The second-order valence-electron chi connectivity index (χ2n) is 6.25. The fourth-order valence-corrected chi connectivity index (χ4v) is 2.80. The van der Waals surface area contributed by atoms with Gasteiger partial charge in [0, 0.05) is 11.5 Å². The van der Waals surface area contributed by atoms with Gasteiger partial charge < -0.3 is 4.74 Å². The van der Waals surface area contributed by atoms with E-state index in [9.17, 15) is 4.79 Å². The number of benzene rings is 3. The highest BCUT2D eigenvalue weighted by Gasteiger charge is 2.15. The van der Waals surface area contributed by atoms with Gasteiger partial charge in [-0.05, 0) is 41.8 Å². The lowest BCUT2D eigenvalue weighted by Crippen LogP contribution is -2.14. The van der Waals surface area contributed by atoms with E-state index < -0.39 is 0 Å². The van der Waals surface area contributed by atoms with Crippen molar-refractivity contribution in [1.29, 1.82) is 0 Å². The maximum absolute atomic E-state index is 12.6. The van der Waals surface area contributed by atoms with E-state index in [2.05, 4.69) is 12.1 Å². The number of ether oxygens (including phenoxy) is 1. The first kappa shape index (κ1) is 17.0. The van der Waals surface area contributed by atoms with Crippen molar-refractivity contribution in [3.63, 3.8) is 0 Å². The molecule has 0 unspecified atom stereocenters. The Kier molecular flexibility index (Phi) is 5.63. The van der Waals surface area contributed by atoms with E-state index in [-0.39, 0.29) is 11.7 Å². The van der Waals surface area contributed by atoms with E-state index in [1.165, 1.54) is 5.56 Å². The molecule has 0 bridgehead atoms. The number of carbonyl (C=O) groups is 1. The molecule has 3 rings (SSSR count). The molecule has 0 N–H and O–H groups in total. The van der Waals surface area contributed by atoms with Crippen LogP contribution in [0.15, 0.2) is 84.9 Å². The van der Waals surface area contributed by atoms with Crippen LogP contribution in [0.4, 0.5) is 0 Å². The van der Waals surface area contributed by atoms with Crippen molar-refractivity contribution >= 4 is 5.78 Å². The van der Waals surface area contributed by atoms with Crippen LogP contribution >= 0.6 is 0 Å². The fraction of sp³-hybridized carbons (Fsp3) is 0.174. The van der Waals surface area contributed by atoms with Crippen molar-refractivity contribution in [3.05, 3.63) is 102 Å². The van der Waals surface area contributed by atoms with Gasteiger partial charge in [0.05, 0.1) is 0 Å². The molecule has 0 aromatic heterocycles. The molecule has 0 aliphatic carbocycles. The van der Waals surface area contributed by atoms with Crippen molar-refractivity contribution in [3.8, 4) is 5.75 Å². The Hall–Kier alpha value is -2.87. The molecule has 0 aliphatic rings. The van der Waals surface area contributed by atoms with Crippen LogP contribution in [-0.4, -0.2) is 5.78 Å². The summed E-state index contributed by atoms with van der Waals surface area (Å²) in [6.07, 6.45) is 0.756. The molecule has 1 atom stereocenters. The predicted octanol–water partition coefficient (Wildman–Crippen LogP) is 5.33. The average Bonchev–Trinajstić information content (AvgIpc) is 2.68. The first-order chi connectivity index (χ1) is 12.2. The van der Waals surface area contributed by atoms with E-state index in [4.69, 9.17) is 4.74 Å². The number of ketones is 1. The standard InChI is InChI=1S/C23H22O2/c1-18(16-19-8-4-2-5-9-19)23(24)21-12-14-22(15-13-21)25-17-20-10-6-3-7-11-20/h2-15,18H,16-17H2,1H3/t18-/m0/s1. The molecule has 0 heterocycles. The zero-order chi connectivity index (χ0) is 17.5. The molecular weight excluding hydrogens is 308 g/mol. The predicted molar refractivity (Wildman–Crippen MR) is 101 cm³/mol. The Morgan fingerprint density at radius 2 is 1.36 bits per heavy atom. The highest BCUT2D eigenvalue weighted by Crippen LogP contribution is 2.18. The fourth-order valence-electron chi connectivity index (χ4n) is 2.80. The Bertz CT molecular complexity index is 793. The third kappa shape index (κ3) is 4.80. The van der Waals surface area contributed by atoms with Crippen molar-refractivity contribution < 1.29 is 9.53 Å². The normalized spacial score (nSPS) is 11.7. The van der Waals surface area contributed by atoms with Gasteiger partial charge in [-0.3, -0.25) is 4.79 Å². The Balaban J connectivity index is 1.58. The second-order valence-corrected chi connectivity index (χ2v) is 6.25. The van der Waals surface area contributed by atoms with Crippen LogP contribution in [-0.2, 0) is 13.0 Å². The molecule has 0 saturated carbocycles. The molecule has 2 nitrogen and oxygen atoms in total. The maximum Gasteiger partial charge on any atom is 0.165 e. The summed E-state index contributed by atoms with van der Waals surface area (Å²) in [5.74, 6) is 0.896. The second kappa shape index (κ2) is 8.29. The summed E-state index contributed by atoms with van der Waals surface area (Å²) in [7, 11) is 0. The maximum atomic E-state index is 12.6. The van der Waals surface area contributed by atoms with Gasteiger partial charge >= 0.3 is 0 Å². The van der Waals surface area contributed by atoms with Crippen LogP contribution in [0.1, 0.15) is 28.4 Å². The zero-order valence-electron chi connectivity index (χ0n) is 14.4. The van der Waals surface area contributed by atoms with E-state index in [1.807, 2.05) is 79.7 Å². The summed E-state index contributed by atoms with van der Waals surface area (Å²) >= 11 is 0. The average molecular weight is 330 g/mol. The Morgan fingerprint density at radius 1 is 0.800 bits per heavy atom. The topological polar surface area (TPSA) is 26.3 Å². The number of Topliss-reactive ketones (excluding diaryl/α,β-unsaturated/α-hetero) is 1. The lowest BCUT2D eigenvalue weighted by Gasteiger charge is -2.11. The molecule has 0 amide bonds. The Labute approximate surface area is 149 Å². The molecule has 0 spiro atoms. The zero-order valence-corrected chi connectivity index (χ0v) is 14.4. The van der Waals surface area contributed by atoms with Gasteiger partial charge in [-0.2, -0.15) is 0 Å². The van der Waals surface area contributed by atoms with Gasteiger partial charge in [0.15, 0.2) is 5.78 Å². The molecule has 0 radical (unpaired) electrons. The summed E-state index contributed by atoms with van der Waals surface area (Å²) in [5, 5.41) is 0. The van der Waals surface area contributed by atoms with Crippen LogP contribution in [0.3, 0.4) is 0 Å². The van der Waals surface area contributed by atoms with Crippen molar-refractivity contribution in [2.45, 2.75) is 20.0 Å². The van der Waals surface area contributed by atoms with E-state index in [0.29, 0.717) is 6.61 Å². The van der Waals surface area contributed by atoms with Crippen LogP contribution < -0.4 is 4.74 Å². The molecule has 2 heteroatoms. The molecule has 25 heavy (non-hydrogen) atoms. The largest absolute Gasteiger partial charge is 0.489 e. The van der Waals surface area contributed by atoms with E-state index >= 15 is 0 Å². The molecular formula is C23H22O2. The van der Waals surface area contributed by atoms with Gasteiger partial charge in [0.2, 0.25) is 0 Å². The lowest BCUT2D eigenvalue weighted by atomic mass is 9.93. The summed E-state index contributed by atoms with van der Waals surface area (Å²) in [6.45, 7) is 2.51. The van der Waals surface area contributed by atoms with Crippen LogP contribution in [0.5, 0.6) is 5.75 Å². The highest BCUT2D eigenvalue weighted by atomic mass is 16.5. The molecule has 3 aromatic carbocycles. The van der Waals surface area contributed by atoms with E-state index in [1.54, 1.807) is 0 Å². The number of hydrogen-bond acceptors (Lipinski definition) is 2. The van der Waals surface area contributed by atoms with Gasteiger partial charge in [0.25, 0.3) is 0 Å². The van der Waals surface area contributed by atoms with Gasteiger partial charge in [-0.25, -0.2) is 0 Å². The summed E-state index contributed by atoms with van der Waals surface area (Å²) in [6, 6.07) is 27.6. The minimum atomic E-state index is -0.0431. The first-order valence-electron chi connectivity index (χ1n) is 8.57. The van der Waals surface area contributed by atoms with Gasteiger partial charge in [-0.1, -0.05) is 67.6 Å².